The van der Waals surface area contributed by atoms with E-state index in [-0.39, 0.29) is 12.1 Å². The molecule has 1 heterocycles. The molecule has 5 heteroatoms. The first kappa shape index (κ1) is 14.2. The number of halogens is 1. The number of aromatic nitrogens is 2. The van der Waals surface area contributed by atoms with Crippen LogP contribution in [0.4, 0.5) is 5.82 Å². The predicted molar refractivity (Wildman–Crippen MR) is 70.4 cm³/mol. The first-order valence-electron chi connectivity index (χ1n) is 5.94. The van der Waals surface area contributed by atoms with Gasteiger partial charge in [-0.25, -0.2) is 9.97 Å². The Labute approximate surface area is 107 Å². The second kappa shape index (κ2) is 6.17. The van der Waals surface area contributed by atoms with Crippen molar-refractivity contribution in [2.45, 2.75) is 45.6 Å². The zero-order valence-corrected chi connectivity index (χ0v) is 11.4. The van der Waals surface area contributed by atoms with Crippen LogP contribution < -0.4 is 5.32 Å². The van der Waals surface area contributed by atoms with Gasteiger partial charge >= 0.3 is 0 Å². The third-order valence-corrected chi connectivity index (χ3v) is 3.44. The molecule has 1 unspecified atom stereocenters. The number of nitrogens with zero attached hydrogens (tertiary/aromatic N) is 2. The largest absolute Gasteiger partial charge is 0.396 e. The minimum absolute atomic E-state index is 0.150. The first-order valence-corrected chi connectivity index (χ1v) is 6.32. The van der Waals surface area contributed by atoms with Gasteiger partial charge in [0.15, 0.2) is 0 Å². The van der Waals surface area contributed by atoms with Crippen molar-refractivity contribution in [1.29, 1.82) is 0 Å². The minimum atomic E-state index is -0.170. The van der Waals surface area contributed by atoms with E-state index in [0.29, 0.717) is 11.6 Å². The highest BCUT2D eigenvalue weighted by atomic mass is 35.5. The van der Waals surface area contributed by atoms with Crippen LogP contribution in [0.5, 0.6) is 0 Å². The molecule has 0 amide bonds. The predicted octanol–water partition coefficient (Wildman–Crippen LogP) is 2.66. The molecule has 0 radical (unpaired) electrons. The lowest BCUT2D eigenvalue weighted by molar-refractivity contribution is 0.251. The van der Waals surface area contributed by atoms with Crippen LogP contribution in [0.1, 0.15) is 39.2 Å². The van der Waals surface area contributed by atoms with E-state index in [1.807, 2.05) is 6.92 Å². The molecule has 4 nitrogen and oxygen atoms in total. The summed E-state index contributed by atoms with van der Waals surface area (Å²) in [5.41, 5.74) is 0.753. The van der Waals surface area contributed by atoms with E-state index in [0.717, 1.165) is 24.2 Å². The lowest BCUT2D eigenvalue weighted by Gasteiger charge is -2.30. The molecular formula is C12H20ClN3O. The number of aliphatic hydroxyl groups excluding tert-OH is 1. The summed E-state index contributed by atoms with van der Waals surface area (Å²) < 4.78 is 0. The highest BCUT2D eigenvalue weighted by Gasteiger charge is 2.23. The summed E-state index contributed by atoms with van der Waals surface area (Å²) in [6.07, 6.45) is 3.81. The third-order valence-electron chi connectivity index (χ3n) is 3.11. The van der Waals surface area contributed by atoms with E-state index in [2.05, 4.69) is 29.1 Å². The zero-order chi connectivity index (χ0) is 12.9. The van der Waals surface area contributed by atoms with Crippen molar-refractivity contribution in [3.05, 3.63) is 17.0 Å². The van der Waals surface area contributed by atoms with Crippen LogP contribution in [0.3, 0.4) is 0 Å². The van der Waals surface area contributed by atoms with Gasteiger partial charge in [-0.3, -0.25) is 0 Å². The molecule has 0 spiro atoms. The molecule has 96 valence electrons. The van der Waals surface area contributed by atoms with Crippen molar-refractivity contribution in [1.82, 2.24) is 9.97 Å². The van der Waals surface area contributed by atoms with Gasteiger partial charge in [0.05, 0.1) is 0 Å². The summed E-state index contributed by atoms with van der Waals surface area (Å²) in [6.45, 7) is 6.32. The van der Waals surface area contributed by atoms with Gasteiger partial charge in [-0.15, -0.1) is 0 Å². The van der Waals surface area contributed by atoms with Crippen LogP contribution in [0.15, 0.2) is 6.33 Å². The van der Waals surface area contributed by atoms with Crippen molar-refractivity contribution in [3.63, 3.8) is 0 Å². The smallest absolute Gasteiger partial charge is 0.137 e. The number of hydrogen-bond acceptors (Lipinski definition) is 4. The first-order chi connectivity index (χ1) is 8.06. The monoisotopic (exact) mass is 257 g/mol. The van der Waals surface area contributed by atoms with Gasteiger partial charge in [0.1, 0.15) is 17.3 Å². The zero-order valence-electron chi connectivity index (χ0n) is 10.6. The third kappa shape index (κ3) is 3.54. The maximum absolute atomic E-state index is 9.09. The van der Waals surface area contributed by atoms with Crippen molar-refractivity contribution in [2.75, 3.05) is 11.9 Å². The highest BCUT2D eigenvalue weighted by molar-refractivity contribution is 6.30. The van der Waals surface area contributed by atoms with Crippen LogP contribution in [0.25, 0.3) is 0 Å². The average Bonchev–Trinajstić information content (AvgIpc) is 2.30. The van der Waals surface area contributed by atoms with E-state index < -0.39 is 0 Å². The highest BCUT2D eigenvalue weighted by Crippen LogP contribution is 2.26. The molecule has 0 fully saturated rings. The van der Waals surface area contributed by atoms with E-state index in [1.165, 1.54) is 6.33 Å². The van der Waals surface area contributed by atoms with E-state index in [4.69, 9.17) is 16.7 Å². The van der Waals surface area contributed by atoms with Crippen molar-refractivity contribution >= 4 is 17.4 Å². The SMILES string of the molecule is CCc1c(Cl)ncnc1NC(C)(CC)CCO. The summed E-state index contributed by atoms with van der Waals surface area (Å²) in [5, 5.41) is 13.0. The number of rotatable bonds is 6. The molecule has 0 aliphatic rings. The fourth-order valence-corrected chi connectivity index (χ4v) is 1.94. The Bertz CT molecular complexity index is 373. The number of aliphatic hydroxyl groups is 1. The van der Waals surface area contributed by atoms with Crippen molar-refractivity contribution in [2.24, 2.45) is 0 Å². The molecule has 2 N–H and O–H groups in total. The molecule has 1 rings (SSSR count). The Balaban J connectivity index is 2.97. The van der Waals surface area contributed by atoms with Crippen LogP contribution in [0, 0.1) is 0 Å². The van der Waals surface area contributed by atoms with Crippen LogP contribution in [-0.4, -0.2) is 27.2 Å². The normalized spacial score (nSPS) is 14.4. The number of anilines is 1. The molecule has 1 atom stereocenters. The Kier molecular flexibility index (Phi) is 5.15. The van der Waals surface area contributed by atoms with Gasteiger partial charge in [-0.05, 0) is 26.2 Å². The fraction of sp³-hybridized carbons (Fsp3) is 0.667. The minimum Gasteiger partial charge on any atom is -0.396 e. The van der Waals surface area contributed by atoms with Gasteiger partial charge < -0.3 is 10.4 Å². The molecule has 1 aromatic rings. The van der Waals surface area contributed by atoms with Gasteiger partial charge in [0.25, 0.3) is 0 Å². The molecule has 0 saturated carbocycles. The second-order valence-corrected chi connectivity index (χ2v) is 4.72. The summed E-state index contributed by atoms with van der Waals surface area (Å²) in [5.74, 6) is 0.769. The number of hydrogen-bond donors (Lipinski definition) is 2. The van der Waals surface area contributed by atoms with Gasteiger partial charge in [0, 0.05) is 17.7 Å². The van der Waals surface area contributed by atoms with Gasteiger partial charge in [0.2, 0.25) is 0 Å². The summed E-state index contributed by atoms with van der Waals surface area (Å²) in [6, 6.07) is 0. The summed E-state index contributed by atoms with van der Waals surface area (Å²) in [4.78, 5) is 8.21. The molecular weight excluding hydrogens is 238 g/mol. The standard InChI is InChI=1S/C12H20ClN3O/c1-4-9-10(13)14-8-15-11(9)16-12(3,5-2)6-7-17/h8,17H,4-7H2,1-3H3,(H,14,15,16). The average molecular weight is 258 g/mol. The molecule has 0 bridgehead atoms. The molecule has 0 aliphatic carbocycles. The molecule has 0 aliphatic heterocycles. The Morgan fingerprint density at radius 2 is 2.12 bits per heavy atom. The van der Waals surface area contributed by atoms with Crippen LogP contribution in [0.2, 0.25) is 5.15 Å². The molecule has 1 aromatic heterocycles. The second-order valence-electron chi connectivity index (χ2n) is 4.36. The van der Waals surface area contributed by atoms with Crippen LogP contribution in [-0.2, 0) is 6.42 Å². The molecule has 17 heavy (non-hydrogen) atoms. The molecule has 0 saturated heterocycles. The maximum atomic E-state index is 9.09. The van der Waals surface area contributed by atoms with E-state index in [9.17, 15) is 0 Å². The Hall–Kier alpha value is -0.870. The number of nitrogens with one attached hydrogen (secondary N) is 1. The Morgan fingerprint density at radius 3 is 2.65 bits per heavy atom. The van der Waals surface area contributed by atoms with E-state index in [1.54, 1.807) is 0 Å². The van der Waals surface area contributed by atoms with Gasteiger partial charge in [-0.1, -0.05) is 25.4 Å². The van der Waals surface area contributed by atoms with E-state index >= 15 is 0 Å². The topological polar surface area (TPSA) is 58.0 Å². The fourth-order valence-electron chi connectivity index (χ4n) is 1.67. The Morgan fingerprint density at radius 1 is 1.41 bits per heavy atom. The quantitative estimate of drug-likeness (QED) is 0.770. The summed E-state index contributed by atoms with van der Waals surface area (Å²) >= 11 is 6.04. The maximum Gasteiger partial charge on any atom is 0.137 e. The van der Waals surface area contributed by atoms with Crippen molar-refractivity contribution < 1.29 is 5.11 Å². The lowest BCUT2D eigenvalue weighted by atomic mass is 9.94. The molecule has 0 aromatic carbocycles. The van der Waals surface area contributed by atoms with Crippen LogP contribution >= 0.6 is 11.6 Å². The van der Waals surface area contributed by atoms with Crippen molar-refractivity contribution in [3.8, 4) is 0 Å². The van der Waals surface area contributed by atoms with Gasteiger partial charge in [-0.2, -0.15) is 0 Å². The lowest BCUT2D eigenvalue weighted by Crippen LogP contribution is -2.35. The summed E-state index contributed by atoms with van der Waals surface area (Å²) in [7, 11) is 0.